The van der Waals surface area contributed by atoms with Gasteiger partial charge >= 0.3 is 0 Å². The average Bonchev–Trinajstić information content (AvgIpc) is 3.52. The van der Waals surface area contributed by atoms with Crippen molar-refractivity contribution in [2.75, 3.05) is 13.7 Å². The van der Waals surface area contributed by atoms with Crippen molar-refractivity contribution in [3.05, 3.63) is 71.8 Å². The van der Waals surface area contributed by atoms with Gasteiger partial charge in [0.1, 0.15) is 11.6 Å². The third-order valence-corrected chi connectivity index (χ3v) is 5.67. The van der Waals surface area contributed by atoms with E-state index in [9.17, 15) is 4.79 Å². The van der Waals surface area contributed by atoms with Gasteiger partial charge in [0.25, 0.3) is 5.91 Å². The summed E-state index contributed by atoms with van der Waals surface area (Å²) in [6.45, 7) is 2.70. The topological polar surface area (TPSA) is 76.0 Å². The van der Waals surface area contributed by atoms with Crippen LogP contribution in [0.1, 0.15) is 40.6 Å². The molecular formula is C23H23N5O2. The molecule has 30 heavy (non-hydrogen) atoms. The molecule has 0 radical (unpaired) electrons. The van der Waals surface area contributed by atoms with Crippen LogP contribution >= 0.6 is 0 Å². The lowest BCUT2D eigenvalue weighted by atomic mass is 10.1. The highest BCUT2D eigenvalue weighted by atomic mass is 16.5. The largest absolute Gasteiger partial charge is 0.497 e. The summed E-state index contributed by atoms with van der Waals surface area (Å²) in [5, 5.41) is 4.32. The minimum Gasteiger partial charge on any atom is -0.497 e. The van der Waals surface area contributed by atoms with Crippen LogP contribution in [0.15, 0.2) is 54.9 Å². The zero-order valence-electron chi connectivity index (χ0n) is 17.0. The first-order chi connectivity index (χ1) is 14.6. The summed E-state index contributed by atoms with van der Waals surface area (Å²) in [6.07, 6.45) is 5.40. The Balaban J connectivity index is 1.51. The van der Waals surface area contributed by atoms with Crippen LogP contribution in [-0.2, 0) is 0 Å². The number of aromatic amines is 1. The second kappa shape index (κ2) is 7.33. The maximum absolute atomic E-state index is 13.6. The lowest BCUT2D eigenvalue weighted by molar-refractivity contribution is 0.0730. The van der Waals surface area contributed by atoms with E-state index in [1.807, 2.05) is 60.5 Å². The standard InChI is InChI=1S/C23H23N5O2/c1-15-6-9-20(28-12-4-10-24-28)17(13-15)23(29)27-11-3-5-21(27)22-25-18-8-7-16(30-2)14-19(18)26-22/h4,6-10,12-14,21H,3,5,11H2,1-2H3,(H,25,26). The van der Waals surface area contributed by atoms with Crippen molar-refractivity contribution in [3.63, 3.8) is 0 Å². The molecule has 2 aromatic carbocycles. The highest BCUT2D eigenvalue weighted by Gasteiger charge is 2.34. The number of aryl methyl sites for hydroxylation is 1. The van der Waals surface area contributed by atoms with Gasteiger partial charge in [-0.05, 0) is 50.1 Å². The van der Waals surface area contributed by atoms with Gasteiger partial charge < -0.3 is 14.6 Å². The molecule has 1 N–H and O–H groups in total. The maximum atomic E-state index is 13.6. The summed E-state index contributed by atoms with van der Waals surface area (Å²) in [4.78, 5) is 23.7. The first kappa shape index (κ1) is 18.4. The van der Waals surface area contributed by atoms with Gasteiger partial charge in [-0.2, -0.15) is 5.10 Å². The van der Waals surface area contributed by atoms with Gasteiger partial charge in [0.05, 0.1) is 35.4 Å². The van der Waals surface area contributed by atoms with Gasteiger partial charge in [-0.25, -0.2) is 9.67 Å². The molecule has 0 spiro atoms. The quantitative estimate of drug-likeness (QED) is 0.560. The van der Waals surface area contributed by atoms with E-state index in [1.165, 1.54) is 0 Å². The fraction of sp³-hybridized carbons (Fsp3) is 0.261. The lowest BCUT2D eigenvalue weighted by Gasteiger charge is -2.24. The van der Waals surface area contributed by atoms with Crippen LogP contribution < -0.4 is 4.74 Å². The number of ether oxygens (including phenoxy) is 1. The number of carbonyl (C=O) groups excluding carboxylic acids is 1. The number of hydrogen-bond donors (Lipinski definition) is 1. The number of benzene rings is 2. The number of amides is 1. The van der Waals surface area contributed by atoms with E-state index in [4.69, 9.17) is 9.72 Å². The second-order valence-electron chi connectivity index (χ2n) is 7.63. The molecule has 5 rings (SSSR count). The smallest absolute Gasteiger partial charge is 0.256 e. The third-order valence-electron chi connectivity index (χ3n) is 5.67. The zero-order valence-corrected chi connectivity index (χ0v) is 17.0. The van der Waals surface area contributed by atoms with Crippen molar-refractivity contribution in [3.8, 4) is 11.4 Å². The van der Waals surface area contributed by atoms with Crippen LogP contribution in [0, 0.1) is 6.92 Å². The molecule has 1 aliphatic heterocycles. The van der Waals surface area contributed by atoms with E-state index in [1.54, 1.807) is 18.0 Å². The van der Waals surface area contributed by atoms with E-state index in [0.29, 0.717) is 12.1 Å². The van der Waals surface area contributed by atoms with Crippen molar-refractivity contribution in [1.29, 1.82) is 0 Å². The van der Waals surface area contributed by atoms with Gasteiger partial charge in [-0.1, -0.05) is 11.6 Å². The first-order valence-electron chi connectivity index (χ1n) is 10.1. The van der Waals surface area contributed by atoms with Gasteiger partial charge in [-0.3, -0.25) is 4.79 Å². The summed E-state index contributed by atoms with van der Waals surface area (Å²) in [5.41, 5.74) is 4.27. The predicted octanol–water partition coefficient (Wildman–Crippen LogP) is 4.04. The van der Waals surface area contributed by atoms with Gasteiger partial charge in [0.2, 0.25) is 0 Å². The Kier molecular flexibility index (Phi) is 4.50. The fourth-order valence-corrected chi connectivity index (χ4v) is 4.17. The molecule has 3 heterocycles. The van der Waals surface area contributed by atoms with Crippen molar-refractivity contribution in [1.82, 2.24) is 24.6 Å². The molecule has 7 nitrogen and oxygen atoms in total. The Bertz CT molecular complexity index is 1210. The fourth-order valence-electron chi connectivity index (χ4n) is 4.17. The van der Waals surface area contributed by atoms with Crippen LogP contribution in [-0.4, -0.2) is 44.2 Å². The van der Waals surface area contributed by atoms with Crippen LogP contribution in [0.2, 0.25) is 0 Å². The Morgan fingerprint density at radius 1 is 1.23 bits per heavy atom. The van der Waals surface area contributed by atoms with Crippen molar-refractivity contribution >= 4 is 16.9 Å². The molecule has 0 bridgehead atoms. The number of nitrogens with one attached hydrogen (secondary N) is 1. The number of nitrogens with zero attached hydrogens (tertiary/aromatic N) is 4. The third kappa shape index (κ3) is 3.12. The summed E-state index contributed by atoms with van der Waals surface area (Å²) >= 11 is 0. The molecule has 1 saturated heterocycles. The van der Waals surface area contributed by atoms with E-state index >= 15 is 0 Å². The molecule has 0 saturated carbocycles. The molecule has 1 fully saturated rings. The Morgan fingerprint density at radius 2 is 2.13 bits per heavy atom. The Labute approximate surface area is 174 Å². The highest BCUT2D eigenvalue weighted by molar-refractivity contribution is 5.98. The number of imidazole rings is 1. The molecule has 2 aromatic heterocycles. The van der Waals surface area contributed by atoms with Gasteiger partial charge in [-0.15, -0.1) is 0 Å². The van der Waals surface area contributed by atoms with Crippen LogP contribution in [0.25, 0.3) is 16.7 Å². The Morgan fingerprint density at radius 3 is 2.93 bits per heavy atom. The molecule has 1 unspecified atom stereocenters. The zero-order chi connectivity index (χ0) is 20.7. The number of likely N-dealkylation sites (tertiary alicyclic amines) is 1. The number of methoxy groups -OCH3 is 1. The molecule has 152 valence electrons. The van der Waals surface area contributed by atoms with Gasteiger partial charge in [0, 0.05) is 25.0 Å². The summed E-state index contributed by atoms with van der Waals surface area (Å²) in [7, 11) is 1.65. The van der Waals surface area contributed by atoms with E-state index < -0.39 is 0 Å². The van der Waals surface area contributed by atoms with Crippen molar-refractivity contribution < 1.29 is 9.53 Å². The van der Waals surface area contributed by atoms with Crippen LogP contribution in [0.5, 0.6) is 5.75 Å². The number of rotatable bonds is 4. The highest BCUT2D eigenvalue weighted by Crippen LogP contribution is 2.34. The number of aromatic nitrogens is 4. The van der Waals surface area contributed by atoms with Gasteiger partial charge in [0.15, 0.2) is 0 Å². The first-order valence-corrected chi connectivity index (χ1v) is 10.1. The number of hydrogen-bond acceptors (Lipinski definition) is 4. The SMILES string of the molecule is COc1ccc2nc(C3CCCN3C(=O)c3cc(C)ccc3-n3cccn3)[nH]c2c1. The maximum Gasteiger partial charge on any atom is 0.256 e. The summed E-state index contributed by atoms with van der Waals surface area (Å²) < 4.78 is 7.05. The number of H-pyrrole nitrogens is 1. The monoisotopic (exact) mass is 401 g/mol. The number of carbonyl (C=O) groups is 1. The normalized spacial score (nSPS) is 16.3. The second-order valence-corrected chi connectivity index (χ2v) is 7.63. The molecular weight excluding hydrogens is 378 g/mol. The van der Waals surface area contributed by atoms with E-state index in [0.717, 1.165) is 46.7 Å². The van der Waals surface area contributed by atoms with Crippen molar-refractivity contribution in [2.45, 2.75) is 25.8 Å². The molecule has 4 aromatic rings. The lowest BCUT2D eigenvalue weighted by Crippen LogP contribution is -2.32. The molecule has 0 aliphatic carbocycles. The molecule has 7 heteroatoms. The molecule has 1 aliphatic rings. The molecule has 1 amide bonds. The molecule has 1 atom stereocenters. The Hall–Kier alpha value is -3.61. The minimum atomic E-state index is -0.0816. The van der Waals surface area contributed by atoms with Crippen LogP contribution in [0.4, 0.5) is 0 Å². The predicted molar refractivity (Wildman–Crippen MR) is 114 cm³/mol. The average molecular weight is 401 g/mol. The van der Waals surface area contributed by atoms with E-state index in [-0.39, 0.29) is 11.9 Å². The summed E-state index contributed by atoms with van der Waals surface area (Å²) in [6, 6.07) is 13.4. The summed E-state index contributed by atoms with van der Waals surface area (Å²) in [5.74, 6) is 1.60. The van der Waals surface area contributed by atoms with Crippen LogP contribution in [0.3, 0.4) is 0 Å². The minimum absolute atomic E-state index is 0.00439. The van der Waals surface area contributed by atoms with Crippen molar-refractivity contribution in [2.24, 2.45) is 0 Å². The number of fused-ring (bicyclic) bond motifs is 1. The van der Waals surface area contributed by atoms with E-state index in [2.05, 4.69) is 10.1 Å².